The van der Waals surface area contributed by atoms with Crippen LogP contribution in [0, 0.1) is 13.8 Å². The van der Waals surface area contributed by atoms with Gasteiger partial charge in [-0.3, -0.25) is 0 Å². The van der Waals surface area contributed by atoms with Crippen LogP contribution >= 0.6 is 22.9 Å². The van der Waals surface area contributed by atoms with Crippen LogP contribution in [0.1, 0.15) is 18.3 Å². The minimum Gasteiger partial charge on any atom is -0.370 e. The lowest BCUT2D eigenvalue weighted by atomic mass is 10.2. The molecule has 0 atom stereocenters. The summed E-state index contributed by atoms with van der Waals surface area (Å²) in [5, 5.41) is 5.97. The molecule has 17 heavy (non-hydrogen) atoms. The molecule has 90 valence electrons. The number of anilines is 1. The third kappa shape index (κ3) is 2.42. The highest BCUT2D eigenvalue weighted by atomic mass is 35.5. The summed E-state index contributed by atoms with van der Waals surface area (Å²) in [4.78, 5) is 9.90. The van der Waals surface area contributed by atoms with Crippen LogP contribution < -0.4 is 5.32 Å². The maximum absolute atomic E-state index is 6.16. The summed E-state index contributed by atoms with van der Waals surface area (Å²) in [6.45, 7) is 6.80. The van der Waals surface area contributed by atoms with Gasteiger partial charge in [0.1, 0.15) is 11.6 Å². The summed E-state index contributed by atoms with van der Waals surface area (Å²) in [7, 11) is 0. The molecule has 2 rings (SSSR count). The first-order valence-electron chi connectivity index (χ1n) is 5.46. The van der Waals surface area contributed by atoms with Crippen molar-refractivity contribution in [3.05, 3.63) is 27.9 Å². The highest BCUT2D eigenvalue weighted by Gasteiger charge is 2.14. The van der Waals surface area contributed by atoms with E-state index in [-0.39, 0.29) is 0 Å². The third-order valence-corrected chi connectivity index (χ3v) is 3.78. The maximum atomic E-state index is 6.16. The van der Waals surface area contributed by atoms with Gasteiger partial charge >= 0.3 is 0 Å². The molecule has 0 bridgehead atoms. The van der Waals surface area contributed by atoms with Gasteiger partial charge in [-0.05, 0) is 32.2 Å². The van der Waals surface area contributed by atoms with Crippen LogP contribution in [0.25, 0.3) is 10.6 Å². The average molecular weight is 268 g/mol. The molecule has 0 fully saturated rings. The zero-order valence-corrected chi connectivity index (χ0v) is 11.6. The van der Waals surface area contributed by atoms with Gasteiger partial charge in [0.2, 0.25) is 0 Å². The molecule has 5 heteroatoms. The predicted octanol–water partition coefficient (Wildman–Crippen LogP) is 3.91. The Bertz CT molecular complexity index is 537. The molecule has 0 amide bonds. The van der Waals surface area contributed by atoms with Gasteiger partial charge in [0.15, 0.2) is 0 Å². The molecular formula is C12H14ClN3S. The molecule has 0 radical (unpaired) electrons. The van der Waals surface area contributed by atoms with Crippen molar-refractivity contribution in [1.29, 1.82) is 0 Å². The van der Waals surface area contributed by atoms with Crippen LogP contribution in [-0.2, 0) is 0 Å². The normalized spacial score (nSPS) is 10.6. The van der Waals surface area contributed by atoms with Crippen LogP contribution in [0.4, 0.5) is 5.82 Å². The summed E-state index contributed by atoms with van der Waals surface area (Å²) < 4.78 is 0. The predicted molar refractivity (Wildman–Crippen MR) is 74.0 cm³/mol. The fourth-order valence-corrected chi connectivity index (χ4v) is 2.84. The Hall–Kier alpha value is -1.13. The van der Waals surface area contributed by atoms with E-state index in [1.807, 2.05) is 25.3 Å². The molecule has 3 nitrogen and oxygen atoms in total. The molecular weight excluding hydrogens is 254 g/mol. The molecule has 0 spiro atoms. The van der Waals surface area contributed by atoms with E-state index < -0.39 is 0 Å². The lowest BCUT2D eigenvalue weighted by molar-refractivity contribution is 1.02. The summed E-state index contributed by atoms with van der Waals surface area (Å²) in [6.07, 6.45) is 0. The van der Waals surface area contributed by atoms with E-state index in [1.165, 1.54) is 0 Å². The van der Waals surface area contributed by atoms with Crippen LogP contribution in [0.15, 0.2) is 11.4 Å². The van der Waals surface area contributed by atoms with Crippen molar-refractivity contribution in [3.8, 4) is 10.6 Å². The average Bonchev–Trinajstić information content (AvgIpc) is 2.70. The van der Waals surface area contributed by atoms with E-state index in [1.54, 1.807) is 11.3 Å². The van der Waals surface area contributed by atoms with Gasteiger partial charge < -0.3 is 5.32 Å². The molecule has 0 aliphatic rings. The van der Waals surface area contributed by atoms with Crippen molar-refractivity contribution in [3.63, 3.8) is 0 Å². The first kappa shape index (κ1) is 12.3. The second-order valence-corrected chi connectivity index (χ2v) is 5.04. The maximum Gasteiger partial charge on any atom is 0.133 e. The topological polar surface area (TPSA) is 37.8 Å². The number of halogens is 1. The number of hydrogen-bond donors (Lipinski definition) is 1. The van der Waals surface area contributed by atoms with Gasteiger partial charge in [-0.25, -0.2) is 9.97 Å². The number of aryl methyl sites for hydroxylation is 1. The zero-order chi connectivity index (χ0) is 12.4. The SMILES string of the molecule is CCNc1nc(C)nc(-c2sccc2Cl)c1C. The molecule has 0 saturated heterocycles. The number of hydrogen-bond acceptors (Lipinski definition) is 4. The van der Waals surface area contributed by atoms with Crippen molar-refractivity contribution in [2.45, 2.75) is 20.8 Å². The lowest BCUT2D eigenvalue weighted by Crippen LogP contribution is -2.05. The van der Waals surface area contributed by atoms with Gasteiger partial charge in [-0.15, -0.1) is 11.3 Å². The Kier molecular flexibility index (Phi) is 3.64. The third-order valence-electron chi connectivity index (χ3n) is 2.43. The summed E-state index contributed by atoms with van der Waals surface area (Å²) >= 11 is 7.76. The number of nitrogens with one attached hydrogen (secondary N) is 1. The van der Waals surface area contributed by atoms with Crippen molar-refractivity contribution in [2.24, 2.45) is 0 Å². The molecule has 0 aromatic carbocycles. The van der Waals surface area contributed by atoms with Crippen molar-refractivity contribution in [2.75, 3.05) is 11.9 Å². The Morgan fingerprint density at radius 1 is 1.35 bits per heavy atom. The van der Waals surface area contributed by atoms with Crippen molar-refractivity contribution < 1.29 is 0 Å². The Balaban J connectivity index is 2.58. The molecule has 0 unspecified atom stereocenters. The zero-order valence-electron chi connectivity index (χ0n) is 10.0. The van der Waals surface area contributed by atoms with E-state index in [0.717, 1.165) is 39.3 Å². The standard InChI is InChI=1S/C12H14ClN3S/c1-4-14-12-7(2)10(15-8(3)16-12)11-9(13)5-6-17-11/h5-6H,4H2,1-3H3,(H,14,15,16). The molecule has 2 heterocycles. The van der Waals surface area contributed by atoms with Crippen molar-refractivity contribution >= 4 is 28.8 Å². The molecule has 0 aliphatic heterocycles. The molecule has 2 aromatic rings. The highest BCUT2D eigenvalue weighted by Crippen LogP contribution is 2.35. The highest BCUT2D eigenvalue weighted by molar-refractivity contribution is 7.14. The van der Waals surface area contributed by atoms with E-state index in [4.69, 9.17) is 11.6 Å². The fraction of sp³-hybridized carbons (Fsp3) is 0.333. The summed E-state index contributed by atoms with van der Waals surface area (Å²) in [5.41, 5.74) is 1.97. The smallest absolute Gasteiger partial charge is 0.133 e. The van der Waals surface area contributed by atoms with E-state index in [9.17, 15) is 0 Å². The first-order chi connectivity index (χ1) is 8.13. The Labute approximate surface area is 110 Å². The fourth-order valence-electron chi connectivity index (χ4n) is 1.65. The van der Waals surface area contributed by atoms with E-state index in [2.05, 4.69) is 22.2 Å². The molecule has 0 saturated carbocycles. The quantitative estimate of drug-likeness (QED) is 0.916. The first-order valence-corrected chi connectivity index (χ1v) is 6.71. The van der Waals surface area contributed by atoms with Crippen molar-refractivity contribution in [1.82, 2.24) is 9.97 Å². The number of rotatable bonds is 3. The molecule has 1 N–H and O–H groups in total. The summed E-state index contributed by atoms with van der Waals surface area (Å²) in [6, 6.07) is 1.89. The van der Waals surface area contributed by atoms with Gasteiger partial charge in [0.25, 0.3) is 0 Å². The second-order valence-electron chi connectivity index (χ2n) is 3.72. The number of thiophene rings is 1. The van der Waals surface area contributed by atoms with Gasteiger partial charge in [-0.1, -0.05) is 11.6 Å². The molecule has 2 aromatic heterocycles. The minimum absolute atomic E-state index is 0.749. The Morgan fingerprint density at radius 3 is 2.71 bits per heavy atom. The number of nitrogens with zero attached hydrogens (tertiary/aromatic N) is 2. The second kappa shape index (κ2) is 5.02. The van der Waals surface area contributed by atoms with Gasteiger partial charge in [0, 0.05) is 12.1 Å². The molecule has 0 aliphatic carbocycles. The van der Waals surface area contributed by atoms with Crippen LogP contribution in [0.2, 0.25) is 5.02 Å². The summed E-state index contributed by atoms with van der Waals surface area (Å²) in [5.74, 6) is 1.64. The van der Waals surface area contributed by atoms with Crippen LogP contribution in [-0.4, -0.2) is 16.5 Å². The van der Waals surface area contributed by atoms with E-state index in [0.29, 0.717) is 0 Å². The van der Waals surface area contributed by atoms with Gasteiger partial charge in [0.05, 0.1) is 15.6 Å². The lowest BCUT2D eigenvalue weighted by Gasteiger charge is -2.11. The van der Waals surface area contributed by atoms with Gasteiger partial charge in [-0.2, -0.15) is 0 Å². The minimum atomic E-state index is 0.749. The van der Waals surface area contributed by atoms with E-state index >= 15 is 0 Å². The van der Waals surface area contributed by atoms with Crippen LogP contribution in [0.3, 0.4) is 0 Å². The Morgan fingerprint density at radius 2 is 2.12 bits per heavy atom. The number of aromatic nitrogens is 2. The van der Waals surface area contributed by atoms with Crippen LogP contribution in [0.5, 0.6) is 0 Å². The monoisotopic (exact) mass is 267 g/mol. The largest absolute Gasteiger partial charge is 0.370 e.